The van der Waals surface area contributed by atoms with E-state index in [-0.39, 0.29) is 28.4 Å². The highest BCUT2D eigenvalue weighted by Crippen LogP contribution is 2.27. The number of hydrogen-bond donors (Lipinski definition) is 1. The molecular weight excluding hydrogens is 390 g/mol. The Kier molecular flexibility index (Phi) is 5.40. The molecule has 0 saturated carbocycles. The quantitative estimate of drug-likeness (QED) is 0.829. The summed E-state index contributed by atoms with van der Waals surface area (Å²) >= 11 is 2.49. The zero-order chi connectivity index (χ0) is 18.0. The topological polar surface area (TPSA) is 76.1 Å². The highest BCUT2D eigenvalue weighted by Gasteiger charge is 2.28. The molecule has 1 fully saturated rings. The molecule has 1 aliphatic heterocycles. The van der Waals surface area contributed by atoms with Crippen LogP contribution in [0.25, 0.3) is 11.3 Å². The van der Waals surface area contributed by atoms with Gasteiger partial charge < -0.3 is 5.32 Å². The van der Waals surface area contributed by atoms with Gasteiger partial charge in [0, 0.05) is 16.2 Å². The van der Waals surface area contributed by atoms with Crippen molar-refractivity contribution in [3.8, 4) is 11.3 Å². The van der Waals surface area contributed by atoms with E-state index in [1.165, 1.54) is 29.2 Å². The van der Waals surface area contributed by atoms with Crippen LogP contribution < -0.4 is 5.32 Å². The molecule has 0 bridgehead atoms. The lowest BCUT2D eigenvalue weighted by Crippen LogP contribution is -2.17. The number of thioether (sulfide) groups is 1. The molecule has 2 heterocycles. The lowest BCUT2D eigenvalue weighted by atomic mass is 10.2. The number of nitrogens with one attached hydrogen (secondary N) is 1. The Bertz CT molecular complexity index is 899. The van der Waals surface area contributed by atoms with Gasteiger partial charge >= 0.3 is 0 Å². The monoisotopic (exact) mass is 404 g/mol. The summed E-state index contributed by atoms with van der Waals surface area (Å²) in [6, 6.07) is 3.48. The van der Waals surface area contributed by atoms with Gasteiger partial charge in [-0.25, -0.2) is 22.2 Å². The number of sulfone groups is 1. The van der Waals surface area contributed by atoms with E-state index in [1.807, 2.05) is 0 Å². The first-order valence-electron chi connectivity index (χ1n) is 7.35. The molecule has 1 atom stereocenters. The number of nitrogens with zero attached hydrogens (tertiary/aromatic N) is 1. The van der Waals surface area contributed by atoms with Crippen molar-refractivity contribution in [3.63, 3.8) is 0 Å². The van der Waals surface area contributed by atoms with Crippen molar-refractivity contribution in [2.45, 2.75) is 11.7 Å². The normalized spacial score (nSPS) is 19.0. The predicted octanol–water partition coefficient (Wildman–Crippen LogP) is 2.95. The summed E-state index contributed by atoms with van der Waals surface area (Å²) in [5.41, 5.74) is 0.856. The number of carbonyl (C=O) groups excluding carboxylic acids is 1. The third kappa shape index (κ3) is 4.77. The first-order chi connectivity index (χ1) is 11.8. The van der Waals surface area contributed by atoms with E-state index in [0.29, 0.717) is 22.8 Å². The van der Waals surface area contributed by atoms with E-state index in [1.54, 1.807) is 5.38 Å². The summed E-state index contributed by atoms with van der Waals surface area (Å²) in [6.45, 7) is 0. The Labute approximate surface area is 151 Å². The number of hydrogen-bond acceptors (Lipinski definition) is 6. The Morgan fingerprint density at radius 2 is 2.16 bits per heavy atom. The number of anilines is 1. The van der Waals surface area contributed by atoms with Crippen LogP contribution in [0.15, 0.2) is 23.6 Å². The van der Waals surface area contributed by atoms with Gasteiger partial charge in [0.1, 0.15) is 0 Å². The van der Waals surface area contributed by atoms with Crippen LogP contribution in [-0.4, -0.2) is 41.8 Å². The van der Waals surface area contributed by atoms with Gasteiger partial charge in [-0.3, -0.25) is 4.79 Å². The molecule has 0 aliphatic carbocycles. The first kappa shape index (κ1) is 18.3. The lowest BCUT2D eigenvalue weighted by Gasteiger charge is -2.06. The molecule has 25 heavy (non-hydrogen) atoms. The number of carbonyl (C=O) groups is 1. The number of rotatable bonds is 5. The summed E-state index contributed by atoms with van der Waals surface area (Å²) in [5, 5.41) is 4.57. The van der Waals surface area contributed by atoms with Crippen molar-refractivity contribution in [3.05, 3.63) is 35.2 Å². The van der Waals surface area contributed by atoms with Crippen LogP contribution in [0, 0.1) is 11.6 Å². The maximum atomic E-state index is 13.3. The SMILES string of the molecule is O=C(CS[C@H]1CCS(=O)(=O)C1)Nc1nc(-c2ccc(F)c(F)c2)cs1. The summed E-state index contributed by atoms with van der Waals surface area (Å²) < 4.78 is 49.0. The number of benzene rings is 1. The van der Waals surface area contributed by atoms with Gasteiger partial charge in [0.2, 0.25) is 5.91 Å². The molecule has 5 nitrogen and oxygen atoms in total. The fourth-order valence-electron chi connectivity index (χ4n) is 2.36. The molecule has 0 spiro atoms. The van der Waals surface area contributed by atoms with Crippen LogP contribution in [0.4, 0.5) is 13.9 Å². The van der Waals surface area contributed by atoms with Crippen molar-refractivity contribution in [2.24, 2.45) is 0 Å². The Hall–Kier alpha value is -1.52. The fraction of sp³-hybridized carbons (Fsp3) is 0.333. The standard InChI is InChI=1S/C15H14F2N2O3S3/c16-11-2-1-9(5-12(11)17)13-6-24-15(18-13)19-14(20)7-23-10-3-4-25(21,22)8-10/h1-2,5-6,10H,3-4,7-8H2,(H,18,19,20)/t10-/m0/s1. The third-order valence-corrected chi connectivity index (χ3v) is 7.65. The van der Waals surface area contributed by atoms with E-state index in [0.717, 1.165) is 12.1 Å². The second-order valence-electron chi connectivity index (χ2n) is 5.55. The van der Waals surface area contributed by atoms with Crippen molar-refractivity contribution in [2.75, 3.05) is 22.6 Å². The molecule has 134 valence electrons. The van der Waals surface area contributed by atoms with Crippen molar-refractivity contribution < 1.29 is 22.0 Å². The van der Waals surface area contributed by atoms with Gasteiger partial charge in [-0.2, -0.15) is 0 Å². The van der Waals surface area contributed by atoms with Crippen molar-refractivity contribution in [1.82, 2.24) is 4.98 Å². The molecule has 1 N–H and O–H groups in total. The molecule has 1 aromatic carbocycles. The number of thiazole rings is 1. The molecule has 1 saturated heterocycles. The van der Waals surface area contributed by atoms with Crippen LogP contribution >= 0.6 is 23.1 Å². The molecule has 3 rings (SSSR count). The second-order valence-corrected chi connectivity index (χ2v) is 9.93. The molecule has 10 heteroatoms. The number of amides is 1. The zero-order valence-electron chi connectivity index (χ0n) is 12.9. The summed E-state index contributed by atoms with van der Waals surface area (Å²) in [7, 11) is -2.96. The van der Waals surface area contributed by atoms with Crippen LogP contribution in [0.3, 0.4) is 0 Å². The van der Waals surface area contributed by atoms with Gasteiger partial charge in [0.15, 0.2) is 26.6 Å². The van der Waals surface area contributed by atoms with Gasteiger partial charge in [-0.1, -0.05) is 0 Å². The Morgan fingerprint density at radius 3 is 2.84 bits per heavy atom. The van der Waals surface area contributed by atoms with Crippen molar-refractivity contribution >= 4 is 44.0 Å². The van der Waals surface area contributed by atoms with Gasteiger partial charge in [0.05, 0.1) is 23.0 Å². The third-order valence-electron chi connectivity index (χ3n) is 3.61. The van der Waals surface area contributed by atoms with Gasteiger partial charge in [0.25, 0.3) is 0 Å². The molecule has 0 radical (unpaired) electrons. The Morgan fingerprint density at radius 1 is 1.36 bits per heavy atom. The van der Waals surface area contributed by atoms with E-state index < -0.39 is 21.5 Å². The average Bonchev–Trinajstić information content (AvgIpc) is 3.14. The van der Waals surface area contributed by atoms with Crippen molar-refractivity contribution in [1.29, 1.82) is 0 Å². The van der Waals surface area contributed by atoms with Crippen LogP contribution in [-0.2, 0) is 14.6 Å². The van der Waals surface area contributed by atoms with Crippen LogP contribution in [0.5, 0.6) is 0 Å². The van der Waals surface area contributed by atoms with E-state index >= 15 is 0 Å². The maximum Gasteiger partial charge on any atom is 0.236 e. The summed E-state index contributed by atoms with van der Waals surface area (Å²) in [4.78, 5) is 16.1. The average molecular weight is 404 g/mol. The van der Waals surface area contributed by atoms with E-state index in [2.05, 4.69) is 10.3 Å². The predicted molar refractivity (Wildman–Crippen MR) is 95.6 cm³/mol. The second kappa shape index (κ2) is 7.38. The number of aromatic nitrogens is 1. The van der Waals surface area contributed by atoms with E-state index in [4.69, 9.17) is 0 Å². The molecular formula is C15H14F2N2O3S3. The zero-order valence-corrected chi connectivity index (χ0v) is 15.3. The minimum atomic E-state index is -2.96. The minimum absolute atomic E-state index is 0.0511. The van der Waals surface area contributed by atoms with Gasteiger partial charge in [-0.05, 0) is 24.6 Å². The largest absolute Gasteiger partial charge is 0.301 e. The number of halogens is 2. The van der Waals surface area contributed by atoms with Crippen LogP contribution in [0.2, 0.25) is 0 Å². The Balaban J connectivity index is 1.56. The summed E-state index contributed by atoms with van der Waals surface area (Å²) in [5.74, 6) is -1.74. The molecule has 1 aromatic heterocycles. The highest BCUT2D eigenvalue weighted by molar-refractivity contribution is 8.02. The minimum Gasteiger partial charge on any atom is -0.301 e. The van der Waals surface area contributed by atoms with Gasteiger partial charge in [-0.15, -0.1) is 23.1 Å². The molecule has 1 amide bonds. The molecule has 1 aliphatic rings. The summed E-state index contributed by atoms with van der Waals surface area (Å²) in [6.07, 6.45) is 0.567. The van der Waals surface area contributed by atoms with E-state index in [9.17, 15) is 22.0 Å². The molecule has 0 unspecified atom stereocenters. The first-order valence-corrected chi connectivity index (χ1v) is 11.1. The highest BCUT2D eigenvalue weighted by atomic mass is 32.2. The van der Waals surface area contributed by atoms with Crippen LogP contribution in [0.1, 0.15) is 6.42 Å². The fourth-order valence-corrected chi connectivity index (χ4v) is 6.54. The lowest BCUT2D eigenvalue weighted by molar-refractivity contribution is -0.113. The molecule has 2 aromatic rings. The smallest absolute Gasteiger partial charge is 0.236 e. The maximum absolute atomic E-state index is 13.3.